The van der Waals surface area contributed by atoms with Crippen LogP contribution in [0.15, 0.2) is 44.3 Å². The SMILES string of the molecule is O=c1cc(-c2nc3sc4c(c3c(=O)[nH]2)CCCC4)oc2ccccc12. The highest BCUT2D eigenvalue weighted by Gasteiger charge is 2.20. The maximum Gasteiger partial charge on any atom is 0.260 e. The monoisotopic (exact) mass is 350 g/mol. The van der Waals surface area contributed by atoms with Gasteiger partial charge in [-0.05, 0) is 43.4 Å². The van der Waals surface area contributed by atoms with Crippen LogP contribution < -0.4 is 11.0 Å². The summed E-state index contributed by atoms with van der Waals surface area (Å²) in [5.41, 5.74) is 1.32. The zero-order valence-electron chi connectivity index (χ0n) is 13.3. The molecule has 0 saturated carbocycles. The predicted octanol–water partition coefficient (Wildman–Crippen LogP) is 3.64. The Morgan fingerprint density at radius 3 is 2.88 bits per heavy atom. The van der Waals surface area contributed by atoms with Crippen LogP contribution in [0.4, 0.5) is 0 Å². The molecule has 0 spiro atoms. The highest BCUT2D eigenvalue weighted by molar-refractivity contribution is 7.18. The third kappa shape index (κ3) is 2.25. The largest absolute Gasteiger partial charge is 0.453 e. The quantitative estimate of drug-likeness (QED) is 0.569. The number of rotatable bonds is 1. The molecule has 5 nitrogen and oxygen atoms in total. The van der Waals surface area contributed by atoms with E-state index in [2.05, 4.69) is 9.97 Å². The molecule has 1 aliphatic rings. The molecule has 0 amide bonds. The summed E-state index contributed by atoms with van der Waals surface area (Å²) in [5, 5.41) is 1.22. The number of para-hydroxylation sites is 1. The third-order valence-corrected chi connectivity index (χ3v) is 5.88. The molecule has 4 aromatic rings. The molecular formula is C19H14N2O3S. The first kappa shape index (κ1) is 14.6. The van der Waals surface area contributed by atoms with E-state index in [4.69, 9.17) is 4.42 Å². The number of thiophene rings is 1. The highest BCUT2D eigenvalue weighted by Crippen LogP contribution is 2.34. The maximum absolute atomic E-state index is 12.6. The summed E-state index contributed by atoms with van der Waals surface area (Å²) in [6.45, 7) is 0. The summed E-state index contributed by atoms with van der Waals surface area (Å²) in [7, 11) is 0. The van der Waals surface area contributed by atoms with Crippen molar-refractivity contribution in [1.82, 2.24) is 9.97 Å². The molecule has 25 heavy (non-hydrogen) atoms. The fourth-order valence-electron chi connectivity index (χ4n) is 3.50. The second-order valence-electron chi connectivity index (χ2n) is 6.28. The summed E-state index contributed by atoms with van der Waals surface area (Å²) < 4.78 is 5.81. The molecule has 6 heteroatoms. The summed E-state index contributed by atoms with van der Waals surface area (Å²) in [6, 6.07) is 8.45. The summed E-state index contributed by atoms with van der Waals surface area (Å²) in [5.74, 6) is 0.591. The number of hydrogen-bond acceptors (Lipinski definition) is 5. The molecule has 0 bridgehead atoms. The molecule has 3 aromatic heterocycles. The number of hydrogen-bond donors (Lipinski definition) is 1. The van der Waals surface area contributed by atoms with Crippen LogP contribution in [0.5, 0.6) is 0 Å². The van der Waals surface area contributed by atoms with Crippen LogP contribution >= 0.6 is 11.3 Å². The number of nitrogens with zero attached hydrogens (tertiary/aromatic N) is 1. The molecular weight excluding hydrogens is 336 g/mol. The van der Waals surface area contributed by atoms with Crippen molar-refractivity contribution in [3.8, 4) is 11.6 Å². The Balaban J connectivity index is 1.76. The number of aromatic amines is 1. The van der Waals surface area contributed by atoms with E-state index in [1.165, 1.54) is 10.9 Å². The minimum atomic E-state index is -0.157. The third-order valence-electron chi connectivity index (χ3n) is 4.69. The standard InChI is InChI=1S/C19H14N2O3S/c22-12-9-14(24-13-7-3-1-5-10(12)13)17-20-18(23)16-11-6-2-4-8-15(11)25-19(16)21-17/h1,3,5,7,9H,2,4,6,8H2,(H,20,21,23). The van der Waals surface area contributed by atoms with Crippen molar-refractivity contribution in [2.24, 2.45) is 0 Å². The van der Waals surface area contributed by atoms with E-state index in [9.17, 15) is 9.59 Å². The van der Waals surface area contributed by atoms with Crippen molar-refractivity contribution >= 4 is 32.5 Å². The molecule has 1 N–H and O–H groups in total. The number of nitrogens with one attached hydrogen (secondary N) is 1. The van der Waals surface area contributed by atoms with Gasteiger partial charge in [-0.25, -0.2) is 4.98 Å². The first-order chi connectivity index (χ1) is 12.2. The van der Waals surface area contributed by atoms with E-state index >= 15 is 0 Å². The van der Waals surface area contributed by atoms with Gasteiger partial charge in [0, 0.05) is 10.9 Å². The lowest BCUT2D eigenvalue weighted by molar-refractivity contribution is 0.613. The molecule has 3 heterocycles. The van der Waals surface area contributed by atoms with Crippen molar-refractivity contribution in [3.05, 3.63) is 61.3 Å². The maximum atomic E-state index is 12.6. The number of aromatic nitrogens is 2. The topological polar surface area (TPSA) is 76.0 Å². The summed E-state index contributed by atoms with van der Waals surface area (Å²) in [4.78, 5) is 34.3. The van der Waals surface area contributed by atoms with Gasteiger partial charge < -0.3 is 9.40 Å². The van der Waals surface area contributed by atoms with Gasteiger partial charge in [-0.15, -0.1) is 11.3 Å². The van der Waals surface area contributed by atoms with Gasteiger partial charge in [0.15, 0.2) is 17.0 Å². The lowest BCUT2D eigenvalue weighted by atomic mass is 9.97. The number of benzene rings is 1. The molecule has 5 rings (SSSR count). The van der Waals surface area contributed by atoms with Crippen LogP contribution in [0.25, 0.3) is 32.8 Å². The lowest BCUT2D eigenvalue weighted by Gasteiger charge is -2.09. The van der Waals surface area contributed by atoms with Crippen LogP contribution in [0.1, 0.15) is 23.3 Å². The van der Waals surface area contributed by atoms with E-state index in [0.29, 0.717) is 22.2 Å². The Hall–Kier alpha value is -2.73. The molecule has 0 unspecified atom stereocenters. The molecule has 0 aliphatic heterocycles. The van der Waals surface area contributed by atoms with Gasteiger partial charge in [-0.3, -0.25) is 9.59 Å². The first-order valence-electron chi connectivity index (χ1n) is 8.28. The second kappa shape index (κ2) is 5.39. The Bertz CT molecular complexity index is 1250. The second-order valence-corrected chi connectivity index (χ2v) is 7.36. The van der Waals surface area contributed by atoms with Crippen molar-refractivity contribution < 1.29 is 4.42 Å². The van der Waals surface area contributed by atoms with Crippen molar-refractivity contribution in [3.63, 3.8) is 0 Å². The van der Waals surface area contributed by atoms with Gasteiger partial charge in [-0.1, -0.05) is 12.1 Å². The number of aryl methyl sites for hydroxylation is 2. The predicted molar refractivity (Wildman–Crippen MR) is 98.4 cm³/mol. The molecule has 0 atom stereocenters. The van der Waals surface area contributed by atoms with Gasteiger partial charge in [0.1, 0.15) is 10.4 Å². The smallest absolute Gasteiger partial charge is 0.260 e. The van der Waals surface area contributed by atoms with Gasteiger partial charge >= 0.3 is 0 Å². The van der Waals surface area contributed by atoms with Gasteiger partial charge in [0.25, 0.3) is 5.56 Å². The molecule has 1 aromatic carbocycles. The van der Waals surface area contributed by atoms with Crippen LogP contribution in [0.3, 0.4) is 0 Å². The van der Waals surface area contributed by atoms with Crippen molar-refractivity contribution in [1.29, 1.82) is 0 Å². The highest BCUT2D eigenvalue weighted by atomic mass is 32.1. The van der Waals surface area contributed by atoms with E-state index < -0.39 is 0 Å². The fourth-order valence-corrected chi connectivity index (χ4v) is 4.76. The molecule has 0 fully saturated rings. The lowest BCUT2D eigenvalue weighted by Crippen LogP contribution is -2.12. The van der Waals surface area contributed by atoms with E-state index in [1.54, 1.807) is 29.5 Å². The average Bonchev–Trinajstić information content (AvgIpc) is 3.00. The molecule has 0 radical (unpaired) electrons. The van der Waals surface area contributed by atoms with Crippen molar-refractivity contribution in [2.45, 2.75) is 25.7 Å². The molecule has 0 saturated heterocycles. The zero-order chi connectivity index (χ0) is 17.0. The molecule has 124 valence electrons. The van der Waals surface area contributed by atoms with Crippen LogP contribution in [-0.2, 0) is 12.8 Å². The summed E-state index contributed by atoms with van der Waals surface area (Å²) >= 11 is 1.58. The number of H-pyrrole nitrogens is 1. The first-order valence-corrected chi connectivity index (χ1v) is 9.10. The van der Waals surface area contributed by atoms with E-state index in [0.717, 1.165) is 36.1 Å². The minimum absolute atomic E-state index is 0.148. The minimum Gasteiger partial charge on any atom is -0.453 e. The Morgan fingerprint density at radius 1 is 1.12 bits per heavy atom. The zero-order valence-corrected chi connectivity index (χ0v) is 14.1. The fraction of sp³-hybridized carbons (Fsp3) is 0.211. The Kier molecular flexibility index (Phi) is 3.15. The van der Waals surface area contributed by atoms with E-state index in [1.807, 2.05) is 6.07 Å². The summed E-state index contributed by atoms with van der Waals surface area (Å²) in [6.07, 6.45) is 4.21. The van der Waals surface area contributed by atoms with Crippen LogP contribution in [0, 0.1) is 0 Å². The normalized spacial score (nSPS) is 14.1. The van der Waals surface area contributed by atoms with E-state index in [-0.39, 0.29) is 16.7 Å². The number of fused-ring (bicyclic) bond motifs is 4. The molecule has 1 aliphatic carbocycles. The van der Waals surface area contributed by atoms with Crippen molar-refractivity contribution in [2.75, 3.05) is 0 Å². The average molecular weight is 350 g/mol. The Morgan fingerprint density at radius 2 is 1.96 bits per heavy atom. The van der Waals surface area contributed by atoms with Crippen LogP contribution in [0.2, 0.25) is 0 Å². The van der Waals surface area contributed by atoms with Gasteiger partial charge in [-0.2, -0.15) is 0 Å². The van der Waals surface area contributed by atoms with Gasteiger partial charge in [0.05, 0.1) is 10.8 Å². The van der Waals surface area contributed by atoms with Gasteiger partial charge in [0.2, 0.25) is 0 Å². The van der Waals surface area contributed by atoms with Crippen LogP contribution in [-0.4, -0.2) is 9.97 Å². The Labute approximate surface area is 146 Å².